The molecular formula is C21H20ClF3N4O. The minimum Gasteiger partial charge on any atom is -0.372 e. The zero-order valence-corrected chi connectivity index (χ0v) is 17.1. The van der Waals surface area contributed by atoms with Crippen LogP contribution in [-0.2, 0) is 6.18 Å². The van der Waals surface area contributed by atoms with Crippen LogP contribution in [0.15, 0.2) is 54.7 Å². The summed E-state index contributed by atoms with van der Waals surface area (Å²) in [6.07, 6.45) is -3.89. The Kier molecular flexibility index (Phi) is 6.36. The van der Waals surface area contributed by atoms with E-state index in [0.29, 0.717) is 10.4 Å². The van der Waals surface area contributed by atoms with E-state index in [1.807, 2.05) is 26.0 Å². The van der Waals surface area contributed by atoms with E-state index in [4.69, 9.17) is 11.6 Å². The lowest BCUT2D eigenvalue weighted by molar-refractivity contribution is -0.143. The summed E-state index contributed by atoms with van der Waals surface area (Å²) < 4.78 is 42.0. The summed E-state index contributed by atoms with van der Waals surface area (Å²) in [7, 11) is 0. The molecule has 0 bridgehead atoms. The number of aromatic nitrogens is 2. The number of hydrogen-bond acceptors (Lipinski definition) is 3. The maximum atomic E-state index is 13.8. The highest BCUT2D eigenvalue weighted by Gasteiger charge is 2.40. The number of anilines is 2. The van der Waals surface area contributed by atoms with E-state index >= 15 is 0 Å². The lowest BCUT2D eigenvalue weighted by Crippen LogP contribution is -2.22. The first-order chi connectivity index (χ1) is 14.2. The number of amides is 1. The molecule has 3 rings (SSSR count). The first-order valence-electron chi connectivity index (χ1n) is 9.32. The lowest BCUT2D eigenvalue weighted by Gasteiger charge is -2.21. The lowest BCUT2D eigenvalue weighted by atomic mass is 10.2. The van der Waals surface area contributed by atoms with Gasteiger partial charge in [0.15, 0.2) is 5.69 Å². The smallest absolute Gasteiger partial charge is 0.372 e. The van der Waals surface area contributed by atoms with Gasteiger partial charge in [-0.1, -0.05) is 17.7 Å². The minimum absolute atomic E-state index is 0.109. The first kappa shape index (κ1) is 21.7. The zero-order chi connectivity index (χ0) is 21.9. The highest BCUT2D eigenvalue weighted by Crippen LogP contribution is 2.34. The molecule has 1 amide bonds. The Bertz CT molecular complexity index is 1030. The number of carbonyl (C=O) groups is 1. The molecule has 30 heavy (non-hydrogen) atoms. The highest BCUT2D eigenvalue weighted by molar-refractivity contribution is 6.30. The zero-order valence-electron chi connectivity index (χ0n) is 16.4. The number of alkyl halides is 3. The van der Waals surface area contributed by atoms with Crippen LogP contribution in [0.2, 0.25) is 5.02 Å². The van der Waals surface area contributed by atoms with Crippen LogP contribution in [0.1, 0.15) is 29.9 Å². The van der Waals surface area contributed by atoms with Gasteiger partial charge in [0.1, 0.15) is 0 Å². The summed E-state index contributed by atoms with van der Waals surface area (Å²) in [6, 6.07) is 12.7. The largest absolute Gasteiger partial charge is 0.434 e. The minimum atomic E-state index is -4.79. The van der Waals surface area contributed by atoms with Crippen molar-refractivity contribution >= 4 is 28.9 Å². The van der Waals surface area contributed by atoms with Crippen molar-refractivity contribution in [1.82, 2.24) is 9.78 Å². The average Bonchev–Trinajstić information content (AvgIpc) is 3.16. The Balaban J connectivity index is 1.91. The number of halogens is 4. The molecule has 5 nitrogen and oxygen atoms in total. The molecule has 2 aromatic carbocycles. The Labute approximate surface area is 177 Å². The Morgan fingerprint density at radius 3 is 2.37 bits per heavy atom. The number of nitrogens with one attached hydrogen (secondary N) is 1. The average molecular weight is 437 g/mol. The van der Waals surface area contributed by atoms with Gasteiger partial charge in [0.2, 0.25) is 0 Å². The van der Waals surface area contributed by atoms with Crippen molar-refractivity contribution in [2.24, 2.45) is 0 Å². The Morgan fingerprint density at radius 1 is 1.13 bits per heavy atom. The van der Waals surface area contributed by atoms with Gasteiger partial charge in [0.05, 0.1) is 17.4 Å². The molecule has 0 aliphatic rings. The summed E-state index contributed by atoms with van der Waals surface area (Å²) in [5.41, 5.74) is -0.280. The molecule has 3 aromatic rings. The van der Waals surface area contributed by atoms with Crippen LogP contribution in [0, 0.1) is 0 Å². The molecule has 1 heterocycles. The fourth-order valence-electron chi connectivity index (χ4n) is 3.13. The van der Waals surface area contributed by atoms with Crippen molar-refractivity contribution < 1.29 is 18.0 Å². The number of carbonyl (C=O) groups excluding carboxylic acids is 1. The molecule has 0 spiro atoms. The summed E-state index contributed by atoms with van der Waals surface area (Å²) >= 11 is 5.89. The monoisotopic (exact) mass is 436 g/mol. The van der Waals surface area contributed by atoms with Crippen molar-refractivity contribution in [3.63, 3.8) is 0 Å². The highest BCUT2D eigenvalue weighted by atomic mass is 35.5. The van der Waals surface area contributed by atoms with Gasteiger partial charge in [-0.15, -0.1) is 0 Å². The standard InChI is InChI=1S/C21H20ClF3N4O/c1-3-28(4-2)16-10-8-15(9-11-16)27-20(30)18-13-26-29(19(18)21(23,24)25)17-7-5-6-14(22)12-17/h5-13H,3-4H2,1-2H3,(H,27,30). The van der Waals surface area contributed by atoms with Gasteiger partial charge in [-0.3, -0.25) is 4.79 Å². The SMILES string of the molecule is CCN(CC)c1ccc(NC(=O)c2cnn(-c3cccc(Cl)c3)c2C(F)(F)F)cc1. The summed E-state index contributed by atoms with van der Waals surface area (Å²) in [6.45, 7) is 5.69. The molecule has 0 saturated heterocycles. The fraction of sp³-hybridized carbons (Fsp3) is 0.238. The maximum absolute atomic E-state index is 13.8. The van der Waals surface area contributed by atoms with Gasteiger partial charge in [0, 0.05) is 29.5 Å². The van der Waals surface area contributed by atoms with Crippen LogP contribution >= 0.6 is 11.6 Å². The topological polar surface area (TPSA) is 50.2 Å². The van der Waals surface area contributed by atoms with Crippen LogP contribution < -0.4 is 10.2 Å². The summed E-state index contributed by atoms with van der Waals surface area (Å²) in [5.74, 6) is -0.897. The predicted octanol–water partition coefficient (Wildman–Crippen LogP) is 5.64. The second-order valence-electron chi connectivity index (χ2n) is 6.47. The quantitative estimate of drug-likeness (QED) is 0.543. The third kappa shape index (κ3) is 4.59. The van der Waals surface area contributed by atoms with Crippen LogP contribution in [0.25, 0.3) is 5.69 Å². The maximum Gasteiger partial charge on any atom is 0.434 e. The number of benzene rings is 2. The molecule has 0 fully saturated rings. The molecular weight excluding hydrogens is 417 g/mol. The van der Waals surface area contributed by atoms with Gasteiger partial charge < -0.3 is 10.2 Å². The van der Waals surface area contributed by atoms with E-state index < -0.39 is 23.3 Å². The Morgan fingerprint density at radius 2 is 1.80 bits per heavy atom. The van der Waals surface area contributed by atoms with Gasteiger partial charge >= 0.3 is 6.18 Å². The van der Waals surface area contributed by atoms with Crippen LogP contribution in [0.5, 0.6) is 0 Å². The van der Waals surface area contributed by atoms with E-state index in [9.17, 15) is 18.0 Å². The molecule has 1 aromatic heterocycles. The fourth-order valence-corrected chi connectivity index (χ4v) is 3.32. The van der Waals surface area contributed by atoms with E-state index in [2.05, 4.69) is 15.3 Å². The molecule has 9 heteroatoms. The van der Waals surface area contributed by atoms with Gasteiger partial charge in [-0.25, -0.2) is 4.68 Å². The summed E-state index contributed by atoms with van der Waals surface area (Å²) in [5, 5.41) is 6.56. The van der Waals surface area contributed by atoms with E-state index in [1.165, 1.54) is 24.3 Å². The van der Waals surface area contributed by atoms with Crippen molar-refractivity contribution in [1.29, 1.82) is 0 Å². The van der Waals surface area contributed by atoms with Gasteiger partial charge in [0.25, 0.3) is 5.91 Å². The number of rotatable bonds is 6. The molecule has 0 saturated carbocycles. The molecule has 1 N–H and O–H groups in total. The predicted molar refractivity (Wildman–Crippen MR) is 112 cm³/mol. The van der Waals surface area contributed by atoms with Crippen molar-refractivity contribution in [2.45, 2.75) is 20.0 Å². The molecule has 0 aliphatic heterocycles. The number of hydrogen-bond donors (Lipinski definition) is 1. The molecule has 0 radical (unpaired) electrons. The van der Waals surface area contributed by atoms with Crippen molar-refractivity contribution in [2.75, 3.05) is 23.3 Å². The normalized spacial score (nSPS) is 11.4. The van der Waals surface area contributed by atoms with Crippen molar-refractivity contribution in [3.05, 3.63) is 71.0 Å². The second kappa shape index (κ2) is 8.79. The van der Waals surface area contributed by atoms with E-state index in [0.717, 1.165) is 25.0 Å². The molecule has 0 unspecified atom stereocenters. The van der Waals surface area contributed by atoms with Gasteiger partial charge in [-0.2, -0.15) is 18.3 Å². The summed E-state index contributed by atoms with van der Waals surface area (Å²) in [4.78, 5) is 14.7. The molecule has 0 atom stereocenters. The number of nitrogens with zero attached hydrogens (tertiary/aromatic N) is 3. The van der Waals surface area contributed by atoms with E-state index in [-0.39, 0.29) is 10.7 Å². The van der Waals surface area contributed by atoms with Crippen LogP contribution in [-0.4, -0.2) is 28.8 Å². The second-order valence-corrected chi connectivity index (χ2v) is 6.91. The third-order valence-electron chi connectivity index (χ3n) is 4.59. The van der Waals surface area contributed by atoms with Crippen molar-refractivity contribution in [3.8, 4) is 5.69 Å². The first-order valence-corrected chi connectivity index (χ1v) is 9.70. The third-order valence-corrected chi connectivity index (χ3v) is 4.82. The van der Waals surface area contributed by atoms with Gasteiger partial charge in [-0.05, 0) is 56.3 Å². The Hall–Kier alpha value is -3.00. The molecule has 158 valence electrons. The van der Waals surface area contributed by atoms with E-state index in [1.54, 1.807) is 12.1 Å². The molecule has 0 aliphatic carbocycles. The van der Waals surface area contributed by atoms with Crippen LogP contribution in [0.3, 0.4) is 0 Å². The van der Waals surface area contributed by atoms with Crippen LogP contribution in [0.4, 0.5) is 24.5 Å².